The molecule has 2 aromatic heterocycles. The molecule has 0 unspecified atom stereocenters. The maximum atomic E-state index is 11.9. The van der Waals surface area contributed by atoms with Crippen LogP contribution in [0, 0.1) is 6.92 Å². The third kappa shape index (κ3) is 1.76. The standard InChI is InChI=1S/C13H10N2OS/c1-8-6-7-11(17-8)12-13(16)15-10-5-3-2-4-9(10)14-12/h2-7H,1H3,(H,15,16). The molecule has 0 fully saturated rings. The fourth-order valence-corrected chi connectivity index (χ4v) is 2.61. The van der Waals surface area contributed by atoms with Crippen molar-refractivity contribution in [2.45, 2.75) is 6.92 Å². The van der Waals surface area contributed by atoms with Crippen LogP contribution in [0.5, 0.6) is 0 Å². The van der Waals surface area contributed by atoms with Crippen molar-refractivity contribution in [2.24, 2.45) is 0 Å². The van der Waals surface area contributed by atoms with E-state index in [9.17, 15) is 4.79 Å². The number of fused-ring (bicyclic) bond motifs is 1. The van der Waals surface area contributed by atoms with E-state index in [4.69, 9.17) is 0 Å². The van der Waals surface area contributed by atoms with Crippen molar-refractivity contribution in [3.8, 4) is 10.6 Å². The van der Waals surface area contributed by atoms with Crippen molar-refractivity contribution >= 4 is 22.4 Å². The maximum absolute atomic E-state index is 11.9. The van der Waals surface area contributed by atoms with Gasteiger partial charge in [-0.05, 0) is 31.2 Å². The van der Waals surface area contributed by atoms with E-state index in [1.54, 1.807) is 11.3 Å². The normalized spacial score (nSPS) is 10.9. The number of hydrogen-bond acceptors (Lipinski definition) is 3. The van der Waals surface area contributed by atoms with E-state index in [-0.39, 0.29) is 5.56 Å². The number of H-pyrrole nitrogens is 1. The number of nitrogens with one attached hydrogen (secondary N) is 1. The molecule has 2 heterocycles. The second kappa shape index (κ2) is 3.82. The third-order valence-corrected chi connectivity index (χ3v) is 3.58. The van der Waals surface area contributed by atoms with E-state index in [0.717, 1.165) is 15.9 Å². The Hall–Kier alpha value is -1.94. The zero-order valence-electron chi connectivity index (χ0n) is 9.23. The second-order valence-electron chi connectivity index (χ2n) is 3.84. The van der Waals surface area contributed by atoms with E-state index < -0.39 is 0 Å². The number of aromatic amines is 1. The molecule has 0 aliphatic carbocycles. The van der Waals surface area contributed by atoms with E-state index in [1.165, 1.54) is 4.88 Å². The Labute approximate surface area is 102 Å². The highest BCUT2D eigenvalue weighted by Crippen LogP contribution is 2.24. The molecule has 84 valence electrons. The van der Waals surface area contributed by atoms with Crippen LogP contribution in [0.4, 0.5) is 0 Å². The van der Waals surface area contributed by atoms with Crippen molar-refractivity contribution in [1.29, 1.82) is 0 Å². The molecule has 0 radical (unpaired) electrons. The van der Waals surface area contributed by atoms with E-state index in [1.807, 2.05) is 43.3 Å². The zero-order valence-corrected chi connectivity index (χ0v) is 10.0. The number of aromatic nitrogens is 2. The lowest BCUT2D eigenvalue weighted by Gasteiger charge is -1.99. The lowest BCUT2D eigenvalue weighted by Crippen LogP contribution is -2.10. The quantitative estimate of drug-likeness (QED) is 0.713. The van der Waals surface area contributed by atoms with Gasteiger partial charge in [0.15, 0.2) is 0 Å². The number of benzene rings is 1. The largest absolute Gasteiger partial charge is 0.319 e. The zero-order chi connectivity index (χ0) is 11.8. The molecular formula is C13H10N2OS. The molecule has 3 aromatic rings. The maximum Gasteiger partial charge on any atom is 0.275 e. The highest BCUT2D eigenvalue weighted by Gasteiger charge is 2.08. The molecule has 0 saturated carbocycles. The van der Waals surface area contributed by atoms with Gasteiger partial charge in [0.1, 0.15) is 5.69 Å². The molecule has 0 saturated heterocycles. The van der Waals surface area contributed by atoms with Gasteiger partial charge in [0.2, 0.25) is 0 Å². The molecule has 4 heteroatoms. The van der Waals surface area contributed by atoms with E-state index in [0.29, 0.717) is 5.69 Å². The highest BCUT2D eigenvalue weighted by molar-refractivity contribution is 7.15. The van der Waals surface area contributed by atoms with Gasteiger partial charge < -0.3 is 4.98 Å². The number of nitrogens with zero attached hydrogens (tertiary/aromatic N) is 1. The molecule has 1 aromatic carbocycles. The van der Waals surface area contributed by atoms with Crippen LogP contribution >= 0.6 is 11.3 Å². The molecule has 3 nitrogen and oxygen atoms in total. The Kier molecular flexibility index (Phi) is 2.30. The Morgan fingerprint density at radius 1 is 1.18 bits per heavy atom. The molecule has 0 amide bonds. The number of aryl methyl sites for hydroxylation is 1. The summed E-state index contributed by atoms with van der Waals surface area (Å²) in [5.41, 5.74) is 1.95. The predicted molar refractivity (Wildman–Crippen MR) is 70.4 cm³/mol. The van der Waals surface area contributed by atoms with Crippen LogP contribution in [0.2, 0.25) is 0 Å². The summed E-state index contributed by atoms with van der Waals surface area (Å²) >= 11 is 1.58. The van der Waals surface area contributed by atoms with Crippen LogP contribution in [0.3, 0.4) is 0 Å². The van der Waals surface area contributed by atoms with Gasteiger partial charge in [0, 0.05) is 4.88 Å². The molecule has 0 aliphatic heterocycles. The van der Waals surface area contributed by atoms with Gasteiger partial charge in [-0.3, -0.25) is 4.79 Å². The second-order valence-corrected chi connectivity index (χ2v) is 5.13. The summed E-state index contributed by atoms with van der Waals surface area (Å²) < 4.78 is 0. The Morgan fingerprint density at radius 2 is 2.00 bits per heavy atom. The summed E-state index contributed by atoms with van der Waals surface area (Å²) in [5.74, 6) is 0. The predicted octanol–water partition coefficient (Wildman–Crippen LogP) is 2.96. The van der Waals surface area contributed by atoms with Crippen molar-refractivity contribution < 1.29 is 0 Å². The summed E-state index contributed by atoms with van der Waals surface area (Å²) in [4.78, 5) is 21.3. The molecule has 3 rings (SSSR count). The van der Waals surface area contributed by atoms with Gasteiger partial charge in [-0.1, -0.05) is 12.1 Å². The van der Waals surface area contributed by atoms with Gasteiger partial charge in [0.05, 0.1) is 15.9 Å². The third-order valence-electron chi connectivity index (χ3n) is 2.57. The first-order valence-electron chi connectivity index (χ1n) is 5.30. The van der Waals surface area contributed by atoms with Gasteiger partial charge in [-0.25, -0.2) is 4.98 Å². The fraction of sp³-hybridized carbons (Fsp3) is 0.0769. The minimum Gasteiger partial charge on any atom is -0.319 e. The van der Waals surface area contributed by atoms with Crippen LogP contribution in [-0.4, -0.2) is 9.97 Å². The minimum absolute atomic E-state index is 0.134. The molecule has 1 N–H and O–H groups in total. The SMILES string of the molecule is Cc1ccc(-c2nc3ccccc3[nH]c2=O)s1. The summed E-state index contributed by atoms with van der Waals surface area (Å²) in [6, 6.07) is 11.5. The topological polar surface area (TPSA) is 45.8 Å². The Balaban J connectivity index is 2.30. The van der Waals surface area contributed by atoms with Gasteiger partial charge in [0.25, 0.3) is 5.56 Å². The molecule has 0 spiro atoms. The summed E-state index contributed by atoms with van der Waals surface area (Å²) in [5, 5.41) is 0. The Morgan fingerprint density at radius 3 is 2.76 bits per heavy atom. The van der Waals surface area contributed by atoms with Crippen molar-refractivity contribution in [3.63, 3.8) is 0 Å². The van der Waals surface area contributed by atoms with Gasteiger partial charge in [-0.15, -0.1) is 11.3 Å². The number of rotatable bonds is 1. The van der Waals surface area contributed by atoms with Crippen LogP contribution in [-0.2, 0) is 0 Å². The first-order chi connectivity index (χ1) is 8.24. The van der Waals surface area contributed by atoms with Crippen molar-refractivity contribution in [3.05, 3.63) is 51.6 Å². The first kappa shape index (κ1) is 10.2. The summed E-state index contributed by atoms with van der Waals surface area (Å²) in [6.45, 7) is 2.02. The van der Waals surface area contributed by atoms with Crippen LogP contribution in [0.15, 0.2) is 41.2 Å². The highest BCUT2D eigenvalue weighted by atomic mass is 32.1. The average Bonchev–Trinajstić information content (AvgIpc) is 2.75. The van der Waals surface area contributed by atoms with Gasteiger partial charge >= 0.3 is 0 Å². The van der Waals surface area contributed by atoms with E-state index >= 15 is 0 Å². The summed E-state index contributed by atoms with van der Waals surface area (Å²) in [7, 11) is 0. The van der Waals surface area contributed by atoms with Gasteiger partial charge in [-0.2, -0.15) is 0 Å². The van der Waals surface area contributed by atoms with Crippen molar-refractivity contribution in [2.75, 3.05) is 0 Å². The van der Waals surface area contributed by atoms with Crippen molar-refractivity contribution in [1.82, 2.24) is 9.97 Å². The average molecular weight is 242 g/mol. The molecule has 0 aliphatic rings. The summed E-state index contributed by atoms with van der Waals surface area (Å²) in [6.07, 6.45) is 0. The minimum atomic E-state index is -0.134. The van der Waals surface area contributed by atoms with Crippen LogP contribution < -0.4 is 5.56 Å². The molecule has 0 bridgehead atoms. The monoisotopic (exact) mass is 242 g/mol. The first-order valence-corrected chi connectivity index (χ1v) is 6.11. The fourth-order valence-electron chi connectivity index (χ4n) is 1.76. The molecule has 17 heavy (non-hydrogen) atoms. The molecular weight excluding hydrogens is 232 g/mol. The number of para-hydroxylation sites is 2. The molecule has 0 atom stereocenters. The van der Waals surface area contributed by atoms with Crippen LogP contribution in [0.1, 0.15) is 4.88 Å². The van der Waals surface area contributed by atoms with Crippen LogP contribution in [0.25, 0.3) is 21.6 Å². The number of thiophene rings is 1. The lowest BCUT2D eigenvalue weighted by molar-refractivity contribution is 1.23. The lowest BCUT2D eigenvalue weighted by atomic mass is 10.3. The van der Waals surface area contributed by atoms with E-state index in [2.05, 4.69) is 9.97 Å². The smallest absolute Gasteiger partial charge is 0.275 e. The number of hydrogen-bond donors (Lipinski definition) is 1. The Bertz CT molecular complexity index is 742.